The maximum atomic E-state index is 13.3. The highest BCUT2D eigenvalue weighted by Gasteiger charge is 2.08. The SMILES string of the molecule is COCCNC(C)c1ccccc1F. The van der Waals surface area contributed by atoms with Gasteiger partial charge in [-0.2, -0.15) is 0 Å². The Morgan fingerprint density at radius 1 is 1.43 bits per heavy atom. The Balaban J connectivity index is 2.51. The van der Waals surface area contributed by atoms with E-state index in [4.69, 9.17) is 4.74 Å². The molecule has 1 atom stereocenters. The average molecular weight is 197 g/mol. The van der Waals surface area contributed by atoms with E-state index in [0.717, 1.165) is 6.54 Å². The number of methoxy groups -OCH3 is 1. The second-order valence-corrected chi connectivity index (χ2v) is 3.19. The second-order valence-electron chi connectivity index (χ2n) is 3.19. The normalized spacial score (nSPS) is 12.8. The topological polar surface area (TPSA) is 21.3 Å². The van der Waals surface area contributed by atoms with Gasteiger partial charge in [0.2, 0.25) is 0 Å². The third kappa shape index (κ3) is 3.09. The summed E-state index contributed by atoms with van der Waals surface area (Å²) in [5.74, 6) is -0.162. The zero-order valence-electron chi connectivity index (χ0n) is 8.59. The molecule has 1 N–H and O–H groups in total. The fraction of sp³-hybridized carbons (Fsp3) is 0.455. The Labute approximate surface area is 84.1 Å². The molecule has 1 unspecified atom stereocenters. The summed E-state index contributed by atoms with van der Waals surface area (Å²) in [5, 5.41) is 3.18. The lowest BCUT2D eigenvalue weighted by molar-refractivity contribution is 0.196. The molecule has 0 aliphatic heterocycles. The molecule has 0 heterocycles. The summed E-state index contributed by atoms with van der Waals surface area (Å²) in [4.78, 5) is 0. The molecule has 0 saturated heterocycles. The first-order valence-corrected chi connectivity index (χ1v) is 4.72. The lowest BCUT2D eigenvalue weighted by atomic mass is 10.1. The Morgan fingerprint density at radius 2 is 2.14 bits per heavy atom. The predicted octanol–water partition coefficient (Wildman–Crippen LogP) is 2.12. The molecule has 0 amide bonds. The first-order valence-electron chi connectivity index (χ1n) is 4.72. The van der Waals surface area contributed by atoms with E-state index in [0.29, 0.717) is 12.2 Å². The number of hydrogen-bond donors (Lipinski definition) is 1. The summed E-state index contributed by atoms with van der Waals surface area (Å²) in [7, 11) is 1.65. The smallest absolute Gasteiger partial charge is 0.127 e. The van der Waals surface area contributed by atoms with Gasteiger partial charge in [0.25, 0.3) is 0 Å². The molecule has 0 bridgehead atoms. The second kappa shape index (κ2) is 5.73. The van der Waals surface area contributed by atoms with Gasteiger partial charge in [-0.3, -0.25) is 0 Å². The van der Waals surface area contributed by atoms with Crippen molar-refractivity contribution in [2.24, 2.45) is 0 Å². The van der Waals surface area contributed by atoms with Crippen molar-refractivity contribution in [1.29, 1.82) is 0 Å². The third-order valence-corrected chi connectivity index (χ3v) is 2.13. The molecule has 0 aromatic heterocycles. The van der Waals surface area contributed by atoms with E-state index >= 15 is 0 Å². The Kier molecular flexibility index (Phi) is 4.56. The van der Waals surface area contributed by atoms with E-state index in [1.54, 1.807) is 19.2 Å². The highest BCUT2D eigenvalue weighted by Crippen LogP contribution is 2.15. The predicted molar refractivity (Wildman–Crippen MR) is 54.7 cm³/mol. The van der Waals surface area contributed by atoms with Crippen LogP contribution in [0.1, 0.15) is 18.5 Å². The van der Waals surface area contributed by atoms with Crippen LogP contribution in [-0.4, -0.2) is 20.3 Å². The Bertz CT molecular complexity index is 278. The van der Waals surface area contributed by atoms with Crippen LogP contribution in [0.15, 0.2) is 24.3 Å². The molecule has 0 spiro atoms. The highest BCUT2D eigenvalue weighted by molar-refractivity contribution is 5.20. The molecule has 78 valence electrons. The summed E-state index contributed by atoms with van der Waals surface area (Å²) in [5.41, 5.74) is 0.698. The molecule has 1 rings (SSSR count). The molecule has 0 radical (unpaired) electrons. The average Bonchev–Trinajstić information content (AvgIpc) is 2.18. The molecular formula is C11H16FNO. The van der Waals surface area contributed by atoms with Crippen LogP contribution in [0.25, 0.3) is 0 Å². The van der Waals surface area contributed by atoms with Crippen LogP contribution in [0.3, 0.4) is 0 Å². The van der Waals surface area contributed by atoms with E-state index in [9.17, 15) is 4.39 Å². The molecule has 0 fully saturated rings. The molecule has 1 aromatic carbocycles. The van der Waals surface area contributed by atoms with Gasteiger partial charge in [0.15, 0.2) is 0 Å². The van der Waals surface area contributed by atoms with Crippen LogP contribution in [0.4, 0.5) is 4.39 Å². The minimum Gasteiger partial charge on any atom is -0.383 e. The lowest BCUT2D eigenvalue weighted by Gasteiger charge is -2.14. The number of benzene rings is 1. The molecule has 0 saturated carbocycles. The number of nitrogens with one attached hydrogen (secondary N) is 1. The van der Waals surface area contributed by atoms with Crippen molar-refractivity contribution in [2.75, 3.05) is 20.3 Å². The Hall–Kier alpha value is -0.930. The van der Waals surface area contributed by atoms with Gasteiger partial charge >= 0.3 is 0 Å². The van der Waals surface area contributed by atoms with E-state index in [1.807, 2.05) is 13.0 Å². The van der Waals surface area contributed by atoms with Gasteiger partial charge in [-0.15, -0.1) is 0 Å². The maximum Gasteiger partial charge on any atom is 0.127 e. The summed E-state index contributed by atoms with van der Waals surface area (Å²) < 4.78 is 18.2. The summed E-state index contributed by atoms with van der Waals surface area (Å²) in [6.07, 6.45) is 0. The molecule has 0 aliphatic rings. The van der Waals surface area contributed by atoms with E-state index in [1.165, 1.54) is 6.07 Å². The first-order chi connectivity index (χ1) is 6.75. The van der Waals surface area contributed by atoms with Crippen molar-refractivity contribution in [2.45, 2.75) is 13.0 Å². The monoisotopic (exact) mass is 197 g/mol. The van der Waals surface area contributed by atoms with Gasteiger partial charge in [0.1, 0.15) is 5.82 Å². The Morgan fingerprint density at radius 3 is 2.79 bits per heavy atom. The van der Waals surface area contributed by atoms with Crippen LogP contribution >= 0.6 is 0 Å². The minimum atomic E-state index is -0.162. The van der Waals surface area contributed by atoms with Crippen molar-refractivity contribution in [1.82, 2.24) is 5.32 Å². The van der Waals surface area contributed by atoms with Crippen molar-refractivity contribution in [3.63, 3.8) is 0 Å². The summed E-state index contributed by atoms with van der Waals surface area (Å²) in [6, 6.07) is 6.82. The van der Waals surface area contributed by atoms with Crippen LogP contribution in [0.5, 0.6) is 0 Å². The fourth-order valence-electron chi connectivity index (χ4n) is 1.31. The maximum absolute atomic E-state index is 13.3. The molecule has 14 heavy (non-hydrogen) atoms. The standard InChI is InChI=1S/C11H16FNO/c1-9(13-7-8-14-2)10-5-3-4-6-11(10)12/h3-6,9,13H,7-8H2,1-2H3. The molecule has 1 aromatic rings. The number of ether oxygens (including phenoxy) is 1. The van der Waals surface area contributed by atoms with Crippen LogP contribution < -0.4 is 5.32 Å². The molecular weight excluding hydrogens is 181 g/mol. The lowest BCUT2D eigenvalue weighted by Crippen LogP contribution is -2.23. The van der Waals surface area contributed by atoms with Crippen LogP contribution in [0.2, 0.25) is 0 Å². The van der Waals surface area contributed by atoms with Crippen molar-refractivity contribution in [3.05, 3.63) is 35.6 Å². The molecule has 3 heteroatoms. The van der Waals surface area contributed by atoms with Crippen molar-refractivity contribution < 1.29 is 9.13 Å². The van der Waals surface area contributed by atoms with E-state index in [2.05, 4.69) is 5.32 Å². The minimum absolute atomic E-state index is 0.0198. The van der Waals surface area contributed by atoms with E-state index < -0.39 is 0 Å². The molecule has 0 aliphatic carbocycles. The summed E-state index contributed by atoms with van der Waals surface area (Å²) in [6.45, 7) is 3.30. The van der Waals surface area contributed by atoms with Gasteiger partial charge in [-0.25, -0.2) is 4.39 Å². The number of halogens is 1. The molecule has 2 nitrogen and oxygen atoms in total. The zero-order chi connectivity index (χ0) is 10.4. The quantitative estimate of drug-likeness (QED) is 0.730. The third-order valence-electron chi connectivity index (χ3n) is 2.13. The number of rotatable bonds is 5. The van der Waals surface area contributed by atoms with E-state index in [-0.39, 0.29) is 11.9 Å². The van der Waals surface area contributed by atoms with Crippen molar-refractivity contribution >= 4 is 0 Å². The van der Waals surface area contributed by atoms with Gasteiger partial charge in [0, 0.05) is 25.3 Å². The fourth-order valence-corrected chi connectivity index (χ4v) is 1.31. The van der Waals surface area contributed by atoms with Gasteiger partial charge in [0.05, 0.1) is 6.61 Å². The first kappa shape index (κ1) is 11.1. The van der Waals surface area contributed by atoms with Crippen molar-refractivity contribution in [3.8, 4) is 0 Å². The van der Waals surface area contributed by atoms with Gasteiger partial charge < -0.3 is 10.1 Å². The largest absolute Gasteiger partial charge is 0.383 e. The van der Waals surface area contributed by atoms with Crippen LogP contribution in [-0.2, 0) is 4.74 Å². The van der Waals surface area contributed by atoms with Gasteiger partial charge in [-0.05, 0) is 13.0 Å². The van der Waals surface area contributed by atoms with Crippen LogP contribution in [0, 0.1) is 5.82 Å². The van der Waals surface area contributed by atoms with Gasteiger partial charge in [-0.1, -0.05) is 18.2 Å². The zero-order valence-corrected chi connectivity index (χ0v) is 8.59. The highest BCUT2D eigenvalue weighted by atomic mass is 19.1. The summed E-state index contributed by atoms with van der Waals surface area (Å²) >= 11 is 0. The number of hydrogen-bond acceptors (Lipinski definition) is 2.